The van der Waals surface area contributed by atoms with Crippen molar-refractivity contribution in [2.45, 2.75) is 31.8 Å². The molecule has 0 saturated heterocycles. The fraction of sp³-hybridized carbons (Fsp3) is 0.429. The molecule has 0 aliphatic heterocycles. The summed E-state index contributed by atoms with van der Waals surface area (Å²) in [7, 11) is 0. The van der Waals surface area contributed by atoms with E-state index in [2.05, 4.69) is 12.2 Å². The Bertz CT molecular complexity index is 378. The highest BCUT2D eigenvalue weighted by molar-refractivity contribution is 5.25. The molecule has 1 unspecified atom stereocenters. The van der Waals surface area contributed by atoms with Crippen LogP contribution in [0.2, 0.25) is 0 Å². The van der Waals surface area contributed by atoms with Crippen LogP contribution < -0.4 is 0 Å². The molecule has 2 heteroatoms. The van der Waals surface area contributed by atoms with Crippen LogP contribution in [-0.4, -0.2) is 5.11 Å². The Balaban J connectivity index is 2.26. The van der Waals surface area contributed by atoms with Gasteiger partial charge in [-0.05, 0) is 43.9 Å². The number of rotatable bonds is 2. The number of aliphatic hydroxyl groups is 1. The first kappa shape index (κ1) is 11.3. The second-order valence-electron chi connectivity index (χ2n) is 4.62. The number of benzene rings is 1. The van der Waals surface area contributed by atoms with E-state index >= 15 is 0 Å². The summed E-state index contributed by atoms with van der Waals surface area (Å²) in [5, 5.41) is 10.5. The van der Waals surface area contributed by atoms with Crippen LogP contribution in [0.15, 0.2) is 36.4 Å². The second kappa shape index (κ2) is 4.38. The predicted octanol–water partition coefficient (Wildman–Crippen LogP) is 3.39. The van der Waals surface area contributed by atoms with Crippen molar-refractivity contribution in [2.24, 2.45) is 5.92 Å². The number of allylic oxidation sites excluding steroid dienone is 1. The molecule has 0 radical (unpaired) electrons. The molecule has 0 fully saturated rings. The van der Waals surface area contributed by atoms with Crippen molar-refractivity contribution >= 4 is 0 Å². The summed E-state index contributed by atoms with van der Waals surface area (Å²) in [5.74, 6) is -0.134. The van der Waals surface area contributed by atoms with E-state index in [1.807, 2.05) is 0 Å². The van der Waals surface area contributed by atoms with Crippen LogP contribution in [0.3, 0.4) is 0 Å². The number of halogens is 1. The minimum atomic E-state index is -0.898. The van der Waals surface area contributed by atoms with Crippen molar-refractivity contribution in [3.8, 4) is 0 Å². The van der Waals surface area contributed by atoms with Gasteiger partial charge in [0.15, 0.2) is 0 Å². The molecular weight excluding hydrogens is 203 g/mol. The van der Waals surface area contributed by atoms with Gasteiger partial charge < -0.3 is 5.11 Å². The van der Waals surface area contributed by atoms with Gasteiger partial charge in [-0.25, -0.2) is 4.39 Å². The largest absolute Gasteiger partial charge is 0.385 e. The average molecular weight is 220 g/mol. The van der Waals surface area contributed by atoms with Gasteiger partial charge >= 0.3 is 0 Å². The van der Waals surface area contributed by atoms with Gasteiger partial charge in [0, 0.05) is 5.92 Å². The van der Waals surface area contributed by atoms with Gasteiger partial charge in [0.2, 0.25) is 0 Å². The van der Waals surface area contributed by atoms with Crippen LogP contribution in [0.5, 0.6) is 0 Å². The fourth-order valence-electron chi connectivity index (χ4n) is 2.28. The monoisotopic (exact) mass is 220 g/mol. The first-order valence-corrected chi connectivity index (χ1v) is 5.76. The van der Waals surface area contributed by atoms with Gasteiger partial charge in [0.1, 0.15) is 5.82 Å². The first-order valence-electron chi connectivity index (χ1n) is 5.76. The quantitative estimate of drug-likeness (QED) is 0.757. The maximum absolute atomic E-state index is 12.8. The van der Waals surface area contributed by atoms with E-state index in [4.69, 9.17) is 0 Å². The summed E-state index contributed by atoms with van der Waals surface area (Å²) in [5.41, 5.74) is -0.115. The molecule has 1 aliphatic carbocycles. The van der Waals surface area contributed by atoms with Crippen LogP contribution >= 0.6 is 0 Å². The predicted molar refractivity (Wildman–Crippen MR) is 62.5 cm³/mol. The molecule has 0 aromatic heterocycles. The highest BCUT2D eigenvalue weighted by Crippen LogP contribution is 2.35. The van der Waals surface area contributed by atoms with E-state index in [1.54, 1.807) is 19.1 Å². The van der Waals surface area contributed by atoms with Crippen LogP contribution in [0, 0.1) is 11.7 Å². The molecule has 86 valence electrons. The van der Waals surface area contributed by atoms with Crippen molar-refractivity contribution in [3.05, 3.63) is 47.8 Å². The third-order valence-corrected chi connectivity index (χ3v) is 3.40. The Hall–Kier alpha value is -1.15. The second-order valence-corrected chi connectivity index (χ2v) is 4.62. The lowest BCUT2D eigenvalue weighted by atomic mass is 9.78. The molecule has 1 aliphatic rings. The van der Waals surface area contributed by atoms with Crippen molar-refractivity contribution in [2.75, 3.05) is 0 Å². The highest BCUT2D eigenvalue weighted by atomic mass is 19.1. The smallest absolute Gasteiger partial charge is 0.123 e. The zero-order valence-electron chi connectivity index (χ0n) is 9.49. The molecular formula is C14H17FO. The van der Waals surface area contributed by atoms with Crippen LogP contribution in [0.1, 0.15) is 31.7 Å². The lowest BCUT2D eigenvalue weighted by Gasteiger charge is -2.33. The SMILES string of the molecule is C[C@](O)(c1ccc(F)cc1)C1C=CCCC1. The molecule has 0 saturated carbocycles. The number of hydrogen-bond acceptors (Lipinski definition) is 1. The zero-order valence-corrected chi connectivity index (χ0v) is 9.49. The minimum Gasteiger partial charge on any atom is -0.385 e. The van der Waals surface area contributed by atoms with Crippen LogP contribution in [0.25, 0.3) is 0 Å². The van der Waals surface area contributed by atoms with E-state index in [0.29, 0.717) is 0 Å². The highest BCUT2D eigenvalue weighted by Gasteiger charge is 2.32. The molecule has 1 nitrogen and oxygen atoms in total. The molecule has 1 N–H and O–H groups in total. The van der Waals surface area contributed by atoms with Gasteiger partial charge in [-0.1, -0.05) is 24.3 Å². The minimum absolute atomic E-state index is 0.131. The average Bonchev–Trinajstić information content (AvgIpc) is 2.31. The molecule has 1 aromatic carbocycles. The molecule has 0 amide bonds. The van der Waals surface area contributed by atoms with Crippen LogP contribution in [-0.2, 0) is 5.60 Å². The van der Waals surface area contributed by atoms with Gasteiger partial charge in [0.25, 0.3) is 0 Å². The molecule has 2 atom stereocenters. The molecule has 0 heterocycles. The van der Waals surface area contributed by atoms with Gasteiger partial charge in [-0.2, -0.15) is 0 Å². The van der Waals surface area contributed by atoms with Gasteiger partial charge in [0.05, 0.1) is 5.60 Å². The van der Waals surface area contributed by atoms with Crippen LogP contribution in [0.4, 0.5) is 4.39 Å². The Morgan fingerprint density at radius 3 is 2.56 bits per heavy atom. The maximum atomic E-state index is 12.8. The van der Waals surface area contributed by atoms with Crippen molar-refractivity contribution in [1.82, 2.24) is 0 Å². The first-order chi connectivity index (χ1) is 7.60. The van der Waals surface area contributed by atoms with E-state index in [0.717, 1.165) is 24.8 Å². The van der Waals surface area contributed by atoms with Crippen molar-refractivity contribution < 1.29 is 9.50 Å². The molecule has 0 spiro atoms. The van der Waals surface area contributed by atoms with Gasteiger partial charge in [-0.3, -0.25) is 0 Å². The summed E-state index contributed by atoms with van der Waals surface area (Å²) in [4.78, 5) is 0. The van der Waals surface area contributed by atoms with Crippen molar-refractivity contribution in [1.29, 1.82) is 0 Å². The van der Waals surface area contributed by atoms with E-state index in [1.165, 1.54) is 12.1 Å². The molecule has 1 aromatic rings. The normalized spacial score (nSPS) is 24.1. The lowest BCUT2D eigenvalue weighted by Crippen LogP contribution is -2.31. The maximum Gasteiger partial charge on any atom is 0.123 e. The van der Waals surface area contributed by atoms with E-state index in [9.17, 15) is 9.50 Å². The van der Waals surface area contributed by atoms with E-state index < -0.39 is 5.60 Å². The fourth-order valence-corrected chi connectivity index (χ4v) is 2.28. The Morgan fingerprint density at radius 1 is 1.31 bits per heavy atom. The Kier molecular flexibility index (Phi) is 3.10. The summed E-state index contributed by atoms with van der Waals surface area (Å²) in [6.07, 6.45) is 7.38. The summed E-state index contributed by atoms with van der Waals surface area (Å²) >= 11 is 0. The number of hydrogen-bond donors (Lipinski definition) is 1. The standard InChI is InChI=1S/C14H17FO/c1-14(16,11-5-3-2-4-6-11)12-7-9-13(15)10-8-12/h3,5,7-11,16H,2,4,6H2,1H3/t11?,14-/m1/s1. The third kappa shape index (κ3) is 2.17. The molecule has 2 rings (SSSR count). The van der Waals surface area contributed by atoms with Crippen molar-refractivity contribution in [3.63, 3.8) is 0 Å². The topological polar surface area (TPSA) is 20.2 Å². The molecule has 0 bridgehead atoms. The van der Waals surface area contributed by atoms with E-state index in [-0.39, 0.29) is 11.7 Å². The summed E-state index contributed by atoms with van der Waals surface area (Å²) in [6, 6.07) is 6.13. The third-order valence-electron chi connectivity index (χ3n) is 3.40. The Morgan fingerprint density at radius 2 is 2.00 bits per heavy atom. The summed E-state index contributed by atoms with van der Waals surface area (Å²) in [6.45, 7) is 1.81. The van der Waals surface area contributed by atoms with Gasteiger partial charge in [-0.15, -0.1) is 0 Å². The summed E-state index contributed by atoms with van der Waals surface area (Å²) < 4.78 is 12.8. The molecule has 16 heavy (non-hydrogen) atoms. The Labute approximate surface area is 95.6 Å². The zero-order chi connectivity index (χ0) is 11.6. The lowest BCUT2D eigenvalue weighted by molar-refractivity contribution is 0.00795.